The molecule has 0 saturated heterocycles. The fraction of sp³-hybridized carbons (Fsp3) is 0.385. The Morgan fingerprint density at radius 2 is 2.25 bits per heavy atom. The molecule has 1 atom stereocenters. The van der Waals surface area contributed by atoms with Crippen molar-refractivity contribution in [2.45, 2.75) is 25.9 Å². The highest BCUT2D eigenvalue weighted by Crippen LogP contribution is 2.17. The Labute approximate surface area is 101 Å². The minimum atomic E-state index is 0.465. The number of rotatable bonds is 5. The van der Waals surface area contributed by atoms with Crippen LogP contribution in [0, 0.1) is 0 Å². The van der Waals surface area contributed by atoms with E-state index in [4.69, 9.17) is 11.6 Å². The maximum absolute atomic E-state index is 5.71. The highest BCUT2D eigenvalue weighted by atomic mass is 35.5. The number of alkyl halides is 1. The summed E-state index contributed by atoms with van der Waals surface area (Å²) in [4.78, 5) is 3.22. The molecule has 1 aromatic carbocycles. The Bertz CT molecular complexity index is 450. The van der Waals surface area contributed by atoms with Crippen LogP contribution >= 0.6 is 11.6 Å². The van der Waals surface area contributed by atoms with E-state index in [0.29, 0.717) is 11.9 Å². The molecule has 2 aromatic rings. The Morgan fingerprint density at radius 1 is 1.38 bits per heavy atom. The normalized spacial score (nSPS) is 13.1. The molecule has 0 bridgehead atoms. The van der Waals surface area contributed by atoms with Crippen molar-refractivity contribution in [3.05, 3.63) is 36.0 Å². The van der Waals surface area contributed by atoms with Gasteiger partial charge in [0.15, 0.2) is 0 Å². The van der Waals surface area contributed by atoms with Gasteiger partial charge in [0.2, 0.25) is 0 Å². The quantitative estimate of drug-likeness (QED) is 0.767. The van der Waals surface area contributed by atoms with Crippen molar-refractivity contribution in [2.75, 3.05) is 5.88 Å². The predicted molar refractivity (Wildman–Crippen MR) is 69.9 cm³/mol. The molecule has 0 radical (unpaired) electrons. The molecule has 1 heterocycles. The average molecular weight is 237 g/mol. The first-order chi connectivity index (χ1) is 7.81. The number of aromatic amines is 1. The summed E-state index contributed by atoms with van der Waals surface area (Å²) in [6, 6.07) is 8.94. The van der Waals surface area contributed by atoms with E-state index < -0.39 is 0 Å². The second kappa shape index (κ2) is 5.37. The number of halogens is 1. The molecule has 16 heavy (non-hydrogen) atoms. The van der Waals surface area contributed by atoms with Crippen LogP contribution in [-0.2, 0) is 6.54 Å². The molecule has 0 aliphatic rings. The van der Waals surface area contributed by atoms with Gasteiger partial charge in [-0.25, -0.2) is 0 Å². The molecule has 1 aromatic heterocycles. The fourth-order valence-corrected chi connectivity index (χ4v) is 2.18. The maximum atomic E-state index is 5.71. The summed E-state index contributed by atoms with van der Waals surface area (Å²) in [5.74, 6) is 0.711. The Balaban J connectivity index is 2.06. The van der Waals surface area contributed by atoms with Crippen molar-refractivity contribution in [1.29, 1.82) is 0 Å². The molecule has 0 fully saturated rings. The molecule has 3 heteroatoms. The Kier molecular flexibility index (Phi) is 3.86. The molecule has 0 unspecified atom stereocenters. The molecular weight excluding hydrogens is 220 g/mol. The van der Waals surface area contributed by atoms with Gasteiger partial charge in [-0.2, -0.15) is 0 Å². The maximum Gasteiger partial charge on any atom is 0.0457 e. The molecule has 2 N–H and O–H groups in total. The van der Waals surface area contributed by atoms with Crippen LogP contribution in [0.5, 0.6) is 0 Å². The lowest BCUT2D eigenvalue weighted by atomic mass is 10.1. The van der Waals surface area contributed by atoms with Crippen LogP contribution in [0.15, 0.2) is 30.5 Å². The predicted octanol–water partition coefficient (Wildman–Crippen LogP) is 3.27. The van der Waals surface area contributed by atoms with Gasteiger partial charge in [0.05, 0.1) is 0 Å². The van der Waals surface area contributed by atoms with Crippen LogP contribution in [0.3, 0.4) is 0 Å². The lowest BCUT2D eigenvalue weighted by Crippen LogP contribution is -2.25. The highest BCUT2D eigenvalue weighted by molar-refractivity contribution is 6.17. The molecule has 2 nitrogen and oxygen atoms in total. The van der Waals surface area contributed by atoms with Gasteiger partial charge in [-0.1, -0.05) is 12.1 Å². The second-order valence-corrected chi connectivity index (χ2v) is 4.49. The van der Waals surface area contributed by atoms with Crippen LogP contribution in [0.4, 0.5) is 0 Å². The number of nitrogens with one attached hydrogen (secondary N) is 2. The van der Waals surface area contributed by atoms with Gasteiger partial charge in [0.1, 0.15) is 0 Å². The van der Waals surface area contributed by atoms with Crippen LogP contribution in [0.25, 0.3) is 10.9 Å². The van der Waals surface area contributed by atoms with E-state index in [9.17, 15) is 0 Å². The summed E-state index contributed by atoms with van der Waals surface area (Å²) >= 11 is 5.71. The SMILES string of the molecule is C[C@H](CCCl)NCc1cccc2[nH]ccc12. The lowest BCUT2D eigenvalue weighted by Gasteiger charge is -2.12. The number of aromatic nitrogens is 1. The van der Waals surface area contributed by atoms with Crippen molar-refractivity contribution < 1.29 is 0 Å². The van der Waals surface area contributed by atoms with Gasteiger partial charge in [-0.3, -0.25) is 0 Å². The molecule has 0 aliphatic heterocycles. The molecule has 0 aliphatic carbocycles. The zero-order valence-electron chi connectivity index (χ0n) is 9.46. The van der Waals surface area contributed by atoms with Crippen molar-refractivity contribution >= 4 is 22.5 Å². The summed E-state index contributed by atoms with van der Waals surface area (Å²) in [5.41, 5.74) is 2.53. The van der Waals surface area contributed by atoms with Gasteiger partial charge in [-0.15, -0.1) is 11.6 Å². The third kappa shape index (κ3) is 2.57. The largest absolute Gasteiger partial charge is 0.361 e. The number of H-pyrrole nitrogens is 1. The van der Waals surface area contributed by atoms with Crippen LogP contribution in [0.1, 0.15) is 18.9 Å². The summed E-state index contributed by atoms with van der Waals surface area (Å²) in [6.45, 7) is 3.06. The Hall–Kier alpha value is -0.990. The monoisotopic (exact) mass is 236 g/mol. The lowest BCUT2D eigenvalue weighted by molar-refractivity contribution is 0.537. The summed E-state index contributed by atoms with van der Waals surface area (Å²) in [6.07, 6.45) is 2.99. The van der Waals surface area contributed by atoms with E-state index in [1.807, 2.05) is 6.20 Å². The van der Waals surface area contributed by atoms with Gasteiger partial charge in [-0.05, 0) is 31.0 Å². The zero-order valence-corrected chi connectivity index (χ0v) is 10.2. The van der Waals surface area contributed by atoms with Crippen molar-refractivity contribution in [3.8, 4) is 0 Å². The summed E-state index contributed by atoms with van der Waals surface area (Å²) in [5, 5.41) is 4.78. The second-order valence-electron chi connectivity index (χ2n) is 4.12. The van der Waals surface area contributed by atoms with E-state index in [1.54, 1.807) is 0 Å². The van der Waals surface area contributed by atoms with Crippen LogP contribution in [0.2, 0.25) is 0 Å². The molecule has 0 amide bonds. The van der Waals surface area contributed by atoms with Crippen molar-refractivity contribution in [2.24, 2.45) is 0 Å². The highest BCUT2D eigenvalue weighted by Gasteiger charge is 2.03. The number of benzene rings is 1. The smallest absolute Gasteiger partial charge is 0.0457 e. The van der Waals surface area contributed by atoms with Gasteiger partial charge in [0, 0.05) is 35.6 Å². The first kappa shape index (κ1) is 11.5. The Morgan fingerprint density at radius 3 is 3.06 bits per heavy atom. The minimum absolute atomic E-state index is 0.465. The number of fused-ring (bicyclic) bond motifs is 1. The van der Waals surface area contributed by atoms with E-state index in [0.717, 1.165) is 13.0 Å². The zero-order chi connectivity index (χ0) is 11.4. The van der Waals surface area contributed by atoms with Gasteiger partial charge < -0.3 is 10.3 Å². The first-order valence-corrected chi connectivity index (χ1v) is 6.19. The van der Waals surface area contributed by atoms with E-state index in [2.05, 4.69) is 41.5 Å². The van der Waals surface area contributed by atoms with E-state index in [1.165, 1.54) is 16.5 Å². The summed E-state index contributed by atoms with van der Waals surface area (Å²) in [7, 11) is 0. The molecule has 86 valence electrons. The number of hydrogen-bond acceptors (Lipinski definition) is 1. The third-order valence-electron chi connectivity index (χ3n) is 2.87. The van der Waals surface area contributed by atoms with E-state index >= 15 is 0 Å². The van der Waals surface area contributed by atoms with Crippen molar-refractivity contribution in [3.63, 3.8) is 0 Å². The van der Waals surface area contributed by atoms with E-state index in [-0.39, 0.29) is 0 Å². The first-order valence-electron chi connectivity index (χ1n) is 5.65. The standard InChI is InChI=1S/C13H17ClN2/c1-10(5-7-14)16-9-11-3-2-4-13-12(11)6-8-15-13/h2-4,6,8,10,15-16H,5,7,9H2,1H3/t10-/m1/s1. The number of hydrogen-bond donors (Lipinski definition) is 2. The molecular formula is C13H17ClN2. The van der Waals surface area contributed by atoms with Gasteiger partial charge >= 0.3 is 0 Å². The third-order valence-corrected chi connectivity index (χ3v) is 3.09. The average Bonchev–Trinajstić information content (AvgIpc) is 2.75. The van der Waals surface area contributed by atoms with Crippen LogP contribution < -0.4 is 5.32 Å². The molecule has 0 spiro atoms. The molecule has 2 rings (SSSR count). The fourth-order valence-electron chi connectivity index (χ4n) is 1.85. The topological polar surface area (TPSA) is 27.8 Å². The molecule has 0 saturated carbocycles. The van der Waals surface area contributed by atoms with Crippen LogP contribution in [-0.4, -0.2) is 16.9 Å². The van der Waals surface area contributed by atoms with Gasteiger partial charge in [0.25, 0.3) is 0 Å². The van der Waals surface area contributed by atoms with Crippen molar-refractivity contribution in [1.82, 2.24) is 10.3 Å². The summed E-state index contributed by atoms with van der Waals surface area (Å²) < 4.78 is 0. The minimum Gasteiger partial charge on any atom is -0.361 e.